The first kappa shape index (κ1) is 27.5. The maximum absolute atomic E-state index is 7.00. The predicted molar refractivity (Wildman–Crippen MR) is 126 cm³/mol. The fourth-order valence-corrected chi connectivity index (χ4v) is 5.04. The molecule has 0 aromatic heterocycles. The van der Waals surface area contributed by atoms with Gasteiger partial charge in [0.25, 0.3) is 5.72 Å². The quantitative estimate of drug-likeness (QED) is 0.409. The summed E-state index contributed by atoms with van der Waals surface area (Å²) in [5, 5.41) is 0. The summed E-state index contributed by atoms with van der Waals surface area (Å²) in [6.07, 6.45) is 1.01. The maximum atomic E-state index is 7.00. The van der Waals surface area contributed by atoms with E-state index in [-0.39, 0.29) is 23.2 Å². The van der Waals surface area contributed by atoms with Crippen molar-refractivity contribution >= 4 is 0 Å². The molecule has 1 unspecified atom stereocenters. The van der Waals surface area contributed by atoms with Crippen molar-refractivity contribution in [2.24, 2.45) is 10.8 Å². The Labute approximate surface area is 196 Å². The van der Waals surface area contributed by atoms with Crippen LogP contribution in [0.1, 0.15) is 53.5 Å². The number of likely N-dealkylation sites (N-methyl/N-ethyl adjacent to an activating group) is 1. The standard InChI is InChI=1S/C27H42NO2.ClH/c1-9-29-22-27(26(5,6)21-25(2,3)4,30-24-18-14-11-15-19-24)28(7,8)20-23-16-12-10-13-17-23;/h10-19H,9,20-22H2,1-8H3;1H/q+1;/p-1. The van der Waals surface area contributed by atoms with Gasteiger partial charge in [0, 0.05) is 12.2 Å². The molecule has 0 N–H and O–H groups in total. The van der Waals surface area contributed by atoms with Crippen molar-refractivity contribution in [2.75, 3.05) is 27.3 Å². The van der Waals surface area contributed by atoms with E-state index in [0.717, 1.165) is 18.7 Å². The third kappa shape index (κ3) is 6.97. The van der Waals surface area contributed by atoms with E-state index < -0.39 is 5.72 Å². The molecule has 0 radical (unpaired) electrons. The topological polar surface area (TPSA) is 18.5 Å². The van der Waals surface area contributed by atoms with Gasteiger partial charge in [-0.1, -0.05) is 69.3 Å². The molecule has 0 fully saturated rings. The van der Waals surface area contributed by atoms with E-state index in [0.29, 0.717) is 17.7 Å². The number of benzene rings is 2. The molecule has 0 saturated heterocycles. The maximum Gasteiger partial charge on any atom is 0.271 e. The number of halogens is 1. The number of hydrogen-bond acceptors (Lipinski definition) is 2. The van der Waals surface area contributed by atoms with Gasteiger partial charge in [-0.15, -0.1) is 0 Å². The molecule has 3 nitrogen and oxygen atoms in total. The van der Waals surface area contributed by atoms with Crippen LogP contribution in [-0.2, 0) is 11.3 Å². The highest BCUT2D eigenvalue weighted by molar-refractivity contribution is 5.22. The lowest BCUT2D eigenvalue weighted by atomic mass is 9.68. The Hall–Kier alpha value is -1.55. The Bertz CT molecular complexity index is 769. The van der Waals surface area contributed by atoms with Gasteiger partial charge in [0.1, 0.15) is 18.9 Å². The van der Waals surface area contributed by atoms with Gasteiger partial charge in [-0.25, -0.2) is 0 Å². The Morgan fingerprint density at radius 1 is 0.806 bits per heavy atom. The second kappa shape index (κ2) is 10.8. The first-order valence-electron chi connectivity index (χ1n) is 11.1. The van der Waals surface area contributed by atoms with Crippen molar-refractivity contribution in [2.45, 2.75) is 60.2 Å². The predicted octanol–water partition coefficient (Wildman–Crippen LogP) is 3.54. The summed E-state index contributed by atoms with van der Waals surface area (Å²) in [4.78, 5) is 0. The highest BCUT2D eigenvalue weighted by Gasteiger charge is 2.60. The fourth-order valence-electron chi connectivity index (χ4n) is 5.04. The number of nitrogens with zero attached hydrogens (tertiary/aromatic N) is 1. The first-order valence-corrected chi connectivity index (χ1v) is 11.1. The van der Waals surface area contributed by atoms with Crippen molar-refractivity contribution in [3.8, 4) is 5.75 Å². The van der Waals surface area contributed by atoms with Gasteiger partial charge in [0.05, 0.1) is 19.5 Å². The van der Waals surface area contributed by atoms with Crippen LogP contribution in [0.25, 0.3) is 0 Å². The van der Waals surface area contributed by atoms with Crippen LogP contribution in [0.2, 0.25) is 0 Å². The zero-order valence-electron chi connectivity index (χ0n) is 20.7. The normalized spacial score (nSPS) is 14.5. The van der Waals surface area contributed by atoms with E-state index in [1.807, 2.05) is 18.2 Å². The third-order valence-corrected chi connectivity index (χ3v) is 5.96. The minimum atomic E-state index is -0.576. The molecule has 2 aromatic rings. The molecule has 0 heterocycles. The molecule has 1 atom stereocenters. The minimum Gasteiger partial charge on any atom is -1.00 e. The molecule has 0 aliphatic rings. The first-order chi connectivity index (χ1) is 13.9. The van der Waals surface area contributed by atoms with E-state index in [4.69, 9.17) is 9.47 Å². The summed E-state index contributed by atoms with van der Waals surface area (Å²) in [7, 11) is 4.55. The molecule has 174 valence electrons. The molecule has 0 amide bonds. The van der Waals surface area contributed by atoms with Crippen LogP contribution in [0.3, 0.4) is 0 Å². The molecule has 2 rings (SSSR count). The van der Waals surface area contributed by atoms with Crippen molar-refractivity contribution in [1.29, 1.82) is 0 Å². The van der Waals surface area contributed by atoms with Crippen molar-refractivity contribution < 1.29 is 26.4 Å². The average molecular weight is 448 g/mol. The molecule has 0 aliphatic carbocycles. The van der Waals surface area contributed by atoms with E-state index >= 15 is 0 Å². The number of para-hydroxylation sites is 1. The van der Waals surface area contributed by atoms with Gasteiger partial charge in [0.15, 0.2) is 0 Å². The Morgan fingerprint density at radius 3 is 1.81 bits per heavy atom. The van der Waals surface area contributed by atoms with Gasteiger partial charge in [-0.3, -0.25) is 4.48 Å². The third-order valence-electron chi connectivity index (χ3n) is 5.96. The molecule has 0 saturated carbocycles. The second-order valence-electron chi connectivity index (χ2n) is 10.8. The molecule has 0 aliphatic heterocycles. The highest BCUT2D eigenvalue weighted by atomic mass is 35.5. The zero-order valence-corrected chi connectivity index (χ0v) is 21.5. The van der Waals surface area contributed by atoms with Crippen LogP contribution in [0.5, 0.6) is 5.75 Å². The van der Waals surface area contributed by atoms with Crippen molar-refractivity contribution in [1.82, 2.24) is 0 Å². The van der Waals surface area contributed by atoms with Gasteiger partial charge in [0.2, 0.25) is 0 Å². The number of rotatable bonds is 10. The Kier molecular flexibility index (Phi) is 9.62. The summed E-state index contributed by atoms with van der Waals surface area (Å²) < 4.78 is 13.8. The molecular formula is C27H42ClNO2. The van der Waals surface area contributed by atoms with E-state index in [1.165, 1.54) is 5.56 Å². The van der Waals surface area contributed by atoms with E-state index in [2.05, 4.69) is 98.1 Å². The summed E-state index contributed by atoms with van der Waals surface area (Å²) in [5.41, 5.74) is 0.724. The van der Waals surface area contributed by atoms with Crippen LogP contribution >= 0.6 is 0 Å². The molecule has 4 heteroatoms. The monoisotopic (exact) mass is 447 g/mol. The van der Waals surface area contributed by atoms with Crippen molar-refractivity contribution in [3.05, 3.63) is 66.2 Å². The summed E-state index contributed by atoms with van der Waals surface area (Å²) in [5.74, 6) is 0.887. The van der Waals surface area contributed by atoms with Crippen LogP contribution in [0.15, 0.2) is 60.7 Å². The smallest absolute Gasteiger partial charge is 0.271 e. The van der Waals surface area contributed by atoms with Gasteiger partial charge >= 0.3 is 0 Å². The van der Waals surface area contributed by atoms with Crippen LogP contribution < -0.4 is 17.1 Å². The molecule has 0 bridgehead atoms. The number of ether oxygens (including phenoxy) is 2. The van der Waals surface area contributed by atoms with Gasteiger partial charge in [-0.05, 0) is 44.7 Å². The lowest BCUT2D eigenvalue weighted by Crippen LogP contribution is -3.00. The largest absolute Gasteiger partial charge is 1.00 e. The van der Waals surface area contributed by atoms with Crippen LogP contribution in [0.4, 0.5) is 0 Å². The van der Waals surface area contributed by atoms with Gasteiger partial charge < -0.3 is 21.9 Å². The highest BCUT2D eigenvalue weighted by Crippen LogP contribution is 2.48. The summed E-state index contributed by atoms with van der Waals surface area (Å²) in [6.45, 7) is 15.7. The second-order valence-corrected chi connectivity index (χ2v) is 10.8. The summed E-state index contributed by atoms with van der Waals surface area (Å²) in [6, 6.07) is 20.9. The van der Waals surface area contributed by atoms with Crippen LogP contribution in [-0.4, -0.2) is 37.5 Å². The molecule has 2 aromatic carbocycles. The zero-order chi connectivity index (χ0) is 22.5. The molecular weight excluding hydrogens is 406 g/mol. The SMILES string of the molecule is CCOCC(Oc1ccccc1)(C(C)(C)CC(C)(C)C)[N+](C)(C)Cc1ccccc1.[Cl-]. The fraction of sp³-hybridized carbons (Fsp3) is 0.556. The van der Waals surface area contributed by atoms with E-state index in [1.54, 1.807) is 0 Å². The van der Waals surface area contributed by atoms with Crippen LogP contribution in [0, 0.1) is 10.8 Å². The Morgan fingerprint density at radius 2 is 1.32 bits per heavy atom. The summed E-state index contributed by atoms with van der Waals surface area (Å²) >= 11 is 0. The Balaban J connectivity index is 0.00000480. The minimum absolute atomic E-state index is 0. The number of quaternary nitrogens is 1. The lowest BCUT2D eigenvalue weighted by Gasteiger charge is -2.56. The molecule has 31 heavy (non-hydrogen) atoms. The van der Waals surface area contributed by atoms with Gasteiger partial charge in [-0.2, -0.15) is 0 Å². The lowest BCUT2D eigenvalue weighted by molar-refractivity contribution is -0.984. The molecule has 0 spiro atoms. The van der Waals surface area contributed by atoms with Crippen molar-refractivity contribution in [3.63, 3.8) is 0 Å². The number of hydrogen-bond donors (Lipinski definition) is 0. The average Bonchev–Trinajstić information content (AvgIpc) is 2.64. The van der Waals surface area contributed by atoms with E-state index in [9.17, 15) is 0 Å².